The molecule has 1 N–H and O–H groups in total. The third-order valence-corrected chi connectivity index (χ3v) is 3.92. The molecule has 0 aliphatic rings. The van der Waals surface area contributed by atoms with Gasteiger partial charge in [0.15, 0.2) is 5.13 Å². The Labute approximate surface area is 128 Å². The molecule has 0 spiro atoms. The number of rotatable bonds is 4. The molecule has 112 valence electrons. The number of benzene rings is 1. The van der Waals surface area contributed by atoms with E-state index in [1.165, 1.54) is 28.3 Å². The van der Waals surface area contributed by atoms with Crippen molar-refractivity contribution in [1.29, 1.82) is 0 Å². The molecule has 8 nitrogen and oxygen atoms in total. The average molecular weight is 317 g/mol. The highest BCUT2D eigenvalue weighted by molar-refractivity contribution is 7.22. The Kier molecular flexibility index (Phi) is 3.55. The first-order valence-corrected chi connectivity index (χ1v) is 7.18. The maximum atomic E-state index is 11.9. The molecule has 2 aromatic heterocycles. The molecule has 0 bridgehead atoms. The van der Waals surface area contributed by atoms with Gasteiger partial charge in [-0.05, 0) is 23.5 Å². The molecular weight excluding hydrogens is 306 g/mol. The zero-order valence-electron chi connectivity index (χ0n) is 11.5. The molecule has 3 rings (SSSR count). The van der Waals surface area contributed by atoms with Crippen molar-refractivity contribution in [2.75, 3.05) is 5.32 Å². The van der Waals surface area contributed by atoms with Crippen LogP contribution in [-0.4, -0.2) is 25.6 Å². The number of thiazole rings is 1. The number of hydrogen-bond acceptors (Lipinski definition) is 6. The highest BCUT2D eigenvalue weighted by atomic mass is 32.1. The molecule has 0 saturated carbocycles. The number of nitro groups is 1. The number of nitrogens with one attached hydrogen (secondary N) is 1. The summed E-state index contributed by atoms with van der Waals surface area (Å²) in [6, 6.07) is 7.07. The SMILES string of the molecule is Cc1cccc2sc(NC(=O)Cn3ccc([N+](=O)[O-])n3)nc12. The summed E-state index contributed by atoms with van der Waals surface area (Å²) in [6.45, 7) is 1.85. The smallest absolute Gasteiger partial charge is 0.358 e. The molecule has 0 radical (unpaired) electrons. The van der Waals surface area contributed by atoms with Crippen LogP contribution in [0.3, 0.4) is 0 Å². The van der Waals surface area contributed by atoms with E-state index in [9.17, 15) is 14.9 Å². The van der Waals surface area contributed by atoms with E-state index >= 15 is 0 Å². The molecular formula is C13H11N5O3S. The fourth-order valence-electron chi connectivity index (χ4n) is 1.98. The lowest BCUT2D eigenvalue weighted by molar-refractivity contribution is -0.389. The van der Waals surface area contributed by atoms with Gasteiger partial charge in [0.1, 0.15) is 6.54 Å². The number of aryl methyl sites for hydroxylation is 1. The summed E-state index contributed by atoms with van der Waals surface area (Å²) in [5.41, 5.74) is 1.90. The minimum atomic E-state index is -0.606. The second-order valence-electron chi connectivity index (χ2n) is 4.62. The van der Waals surface area contributed by atoms with Crippen molar-refractivity contribution in [2.45, 2.75) is 13.5 Å². The van der Waals surface area contributed by atoms with Crippen molar-refractivity contribution in [1.82, 2.24) is 14.8 Å². The summed E-state index contributed by atoms with van der Waals surface area (Å²) in [4.78, 5) is 26.3. The number of hydrogen-bond donors (Lipinski definition) is 1. The second kappa shape index (κ2) is 5.53. The predicted molar refractivity (Wildman–Crippen MR) is 81.9 cm³/mol. The van der Waals surface area contributed by atoms with Gasteiger partial charge in [0.25, 0.3) is 0 Å². The fourth-order valence-corrected chi connectivity index (χ4v) is 2.94. The zero-order chi connectivity index (χ0) is 15.7. The molecule has 0 aliphatic heterocycles. The normalized spacial score (nSPS) is 10.8. The van der Waals surface area contributed by atoms with E-state index in [4.69, 9.17) is 0 Å². The molecule has 2 heterocycles. The van der Waals surface area contributed by atoms with Crippen molar-refractivity contribution >= 4 is 38.4 Å². The average Bonchev–Trinajstić information content (AvgIpc) is 3.06. The van der Waals surface area contributed by atoms with Crippen molar-refractivity contribution in [3.8, 4) is 0 Å². The molecule has 0 aliphatic carbocycles. The van der Waals surface area contributed by atoms with E-state index in [2.05, 4.69) is 15.4 Å². The van der Waals surface area contributed by atoms with Crippen LogP contribution in [0.15, 0.2) is 30.5 Å². The van der Waals surface area contributed by atoms with Gasteiger partial charge in [0.05, 0.1) is 27.6 Å². The maximum absolute atomic E-state index is 11.9. The van der Waals surface area contributed by atoms with E-state index < -0.39 is 4.92 Å². The van der Waals surface area contributed by atoms with Gasteiger partial charge in [0, 0.05) is 0 Å². The van der Waals surface area contributed by atoms with E-state index in [-0.39, 0.29) is 18.3 Å². The monoisotopic (exact) mass is 317 g/mol. The van der Waals surface area contributed by atoms with Crippen LogP contribution in [0.5, 0.6) is 0 Å². The Hall–Kier alpha value is -2.81. The standard InChI is InChI=1S/C13H11N5O3S/c1-8-3-2-4-9-12(8)15-13(22-9)14-11(19)7-17-6-5-10(16-17)18(20)21/h2-6H,7H2,1H3,(H,14,15,19). The summed E-state index contributed by atoms with van der Waals surface area (Å²) < 4.78 is 2.21. The highest BCUT2D eigenvalue weighted by Gasteiger charge is 2.14. The number of anilines is 1. The van der Waals surface area contributed by atoms with Crippen LogP contribution in [-0.2, 0) is 11.3 Å². The first kappa shape index (κ1) is 14.1. The molecule has 0 atom stereocenters. The zero-order valence-corrected chi connectivity index (χ0v) is 12.3. The molecule has 0 fully saturated rings. The minimum absolute atomic E-state index is 0.108. The van der Waals surface area contributed by atoms with Gasteiger partial charge in [-0.1, -0.05) is 23.5 Å². The number of amides is 1. The number of carbonyl (C=O) groups excluding carboxylic acids is 1. The maximum Gasteiger partial charge on any atom is 0.389 e. The number of para-hydroxylation sites is 1. The van der Waals surface area contributed by atoms with Crippen LogP contribution >= 0.6 is 11.3 Å². The lowest BCUT2D eigenvalue weighted by Gasteiger charge is -1.98. The van der Waals surface area contributed by atoms with Gasteiger partial charge in [-0.2, -0.15) is 4.68 Å². The summed E-state index contributed by atoms with van der Waals surface area (Å²) in [6.07, 6.45) is 1.39. The second-order valence-corrected chi connectivity index (χ2v) is 5.65. The molecule has 22 heavy (non-hydrogen) atoms. The summed E-state index contributed by atoms with van der Waals surface area (Å²) in [7, 11) is 0. The van der Waals surface area contributed by atoms with Gasteiger partial charge >= 0.3 is 5.82 Å². The van der Waals surface area contributed by atoms with E-state index in [0.29, 0.717) is 5.13 Å². The topological polar surface area (TPSA) is 103 Å². The summed E-state index contributed by atoms with van der Waals surface area (Å²) in [5, 5.41) is 17.4. The van der Waals surface area contributed by atoms with Crippen LogP contribution in [0.2, 0.25) is 0 Å². The summed E-state index contributed by atoms with van der Waals surface area (Å²) in [5.74, 6) is -0.627. The van der Waals surface area contributed by atoms with Crippen LogP contribution < -0.4 is 5.32 Å². The molecule has 3 aromatic rings. The highest BCUT2D eigenvalue weighted by Crippen LogP contribution is 2.27. The molecule has 0 saturated heterocycles. The number of carbonyl (C=O) groups is 1. The van der Waals surface area contributed by atoms with Crippen LogP contribution in [0.1, 0.15) is 5.56 Å². The van der Waals surface area contributed by atoms with Gasteiger partial charge in [-0.25, -0.2) is 4.98 Å². The summed E-state index contributed by atoms with van der Waals surface area (Å²) >= 11 is 1.38. The van der Waals surface area contributed by atoms with Crippen molar-refractivity contribution in [3.63, 3.8) is 0 Å². The van der Waals surface area contributed by atoms with Crippen molar-refractivity contribution in [3.05, 3.63) is 46.1 Å². The third-order valence-electron chi connectivity index (χ3n) is 2.99. The van der Waals surface area contributed by atoms with E-state index in [0.717, 1.165) is 15.8 Å². The van der Waals surface area contributed by atoms with Gasteiger partial charge in [0.2, 0.25) is 5.91 Å². The Balaban J connectivity index is 1.72. The van der Waals surface area contributed by atoms with Gasteiger partial charge < -0.3 is 15.4 Å². The van der Waals surface area contributed by atoms with Gasteiger partial charge in [-0.15, -0.1) is 0 Å². The Morgan fingerprint density at radius 3 is 2.95 bits per heavy atom. The first-order chi connectivity index (χ1) is 10.5. The Morgan fingerprint density at radius 1 is 1.45 bits per heavy atom. The van der Waals surface area contributed by atoms with E-state index in [1.54, 1.807) is 0 Å². The predicted octanol–water partition coefficient (Wildman–Crippen LogP) is 2.35. The number of nitrogens with zero attached hydrogens (tertiary/aromatic N) is 4. The van der Waals surface area contributed by atoms with Crippen molar-refractivity contribution < 1.29 is 9.72 Å². The third kappa shape index (κ3) is 2.79. The van der Waals surface area contributed by atoms with Crippen LogP contribution in [0.25, 0.3) is 10.2 Å². The molecule has 1 aromatic carbocycles. The fraction of sp³-hybridized carbons (Fsp3) is 0.154. The minimum Gasteiger partial charge on any atom is -0.358 e. The molecule has 1 amide bonds. The number of fused-ring (bicyclic) bond motifs is 1. The first-order valence-electron chi connectivity index (χ1n) is 6.37. The lowest BCUT2D eigenvalue weighted by atomic mass is 10.2. The van der Waals surface area contributed by atoms with Gasteiger partial charge in [-0.3, -0.25) is 4.79 Å². The van der Waals surface area contributed by atoms with E-state index in [1.807, 2.05) is 25.1 Å². The Bertz CT molecular complexity index is 870. The quantitative estimate of drug-likeness (QED) is 0.587. The van der Waals surface area contributed by atoms with Crippen LogP contribution in [0.4, 0.5) is 10.9 Å². The largest absolute Gasteiger partial charge is 0.389 e. The Morgan fingerprint density at radius 2 is 2.27 bits per heavy atom. The van der Waals surface area contributed by atoms with Crippen LogP contribution in [0, 0.1) is 17.0 Å². The lowest BCUT2D eigenvalue weighted by Crippen LogP contribution is -2.19. The van der Waals surface area contributed by atoms with Crippen molar-refractivity contribution in [2.24, 2.45) is 0 Å². The molecule has 9 heteroatoms. The number of aromatic nitrogens is 3. The molecule has 0 unspecified atom stereocenters.